The molecule has 4 saturated carbocycles. The zero-order valence-electron chi connectivity index (χ0n) is 33.0. The van der Waals surface area contributed by atoms with Gasteiger partial charge in [-0.25, -0.2) is 0 Å². The lowest BCUT2D eigenvalue weighted by atomic mass is 9.33. The number of carbonyl (C=O) groups is 3. The molecule has 1 aliphatic heterocycles. The minimum Gasteiger partial charge on any atom is -0.481 e. The maximum absolute atomic E-state index is 14.0. The van der Waals surface area contributed by atoms with E-state index < -0.39 is 28.9 Å². The van der Waals surface area contributed by atoms with Gasteiger partial charge < -0.3 is 19.8 Å². The van der Waals surface area contributed by atoms with E-state index in [2.05, 4.69) is 65.3 Å². The van der Waals surface area contributed by atoms with E-state index in [1.54, 1.807) is 13.8 Å². The Hall–Kier alpha value is -1.77. The number of aliphatic hydroxyl groups excluding tert-OH is 1. The third-order valence-corrected chi connectivity index (χ3v) is 16.5. The summed E-state index contributed by atoms with van der Waals surface area (Å²) in [4.78, 5) is 43.6. The van der Waals surface area contributed by atoms with Crippen LogP contribution in [-0.2, 0) is 19.1 Å². The first-order valence-corrected chi connectivity index (χ1v) is 19.9. The number of ketones is 1. The molecule has 6 rings (SSSR count). The summed E-state index contributed by atoms with van der Waals surface area (Å²) in [5.74, 6) is 0.235. The Morgan fingerprint density at radius 3 is 2.18 bits per heavy atom. The van der Waals surface area contributed by atoms with Crippen LogP contribution in [0.15, 0.2) is 11.1 Å². The quantitative estimate of drug-likeness (QED) is 0.262. The fourth-order valence-corrected chi connectivity index (χ4v) is 13.4. The largest absolute Gasteiger partial charge is 0.481 e. The van der Waals surface area contributed by atoms with Gasteiger partial charge in [-0.2, -0.15) is 0 Å². The van der Waals surface area contributed by atoms with Gasteiger partial charge in [0.15, 0.2) is 5.78 Å². The zero-order valence-corrected chi connectivity index (χ0v) is 33.0. The molecular formula is C42H68N2O6. The number of hydrogen-bond donors (Lipinski definition) is 2. The molecule has 282 valence electrons. The van der Waals surface area contributed by atoms with Crippen molar-refractivity contribution in [2.45, 2.75) is 139 Å². The third-order valence-electron chi connectivity index (χ3n) is 16.5. The van der Waals surface area contributed by atoms with E-state index in [1.165, 1.54) is 5.57 Å². The monoisotopic (exact) mass is 697 g/mol. The van der Waals surface area contributed by atoms with E-state index in [9.17, 15) is 24.6 Å². The molecular weight excluding hydrogens is 628 g/mol. The highest BCUT2D eigenvalue weighted by Gasteiger charge is 2.70. The van der Waals surface area contributed by atoms with Crippen LogP contribution in [0.3, 0.4) is 0 Å². The fraction of sp³-hybridized carbons (Fsp3) is 0.881. The number of β-amino-alcohol motifs (C(OH)–C–C–N with tert-alkyl or cyclic N) is 1. The molecule has 0 aromatic heterocycles. The van der Waals surface area contributed by atoms with E-state index in [1.807, 2.05) is 0 Å². The van der Waals surface area contributed by atoms with E-state index in [4.69, 9.17) is 4.74 Å². The highest BCUT2D eigenvalue weighted by atomic mass is 16.5. The number of carbonyl (C=O) groups excluding carboxylic acids is 2. The molecule has 8 nitrogen and oxygen atoms in total. The van der Waals surface area contributed by atoms with Crippen LogP contribution in [0.25, 0.3) is 0 Å². The number of allylic oxidation sites excluding steroid dienone is 1. The van der Waals surface area contributed by atoms with E-state index >= 15 is 0 Å². The van der Waals surface area contributed by atoms with Crippen LogP contribution in [0.5, 0.6) is 0 Å². The number of fused-ring (bicyclic) bond motifs is 7. The van der Waals surface area contributed by atoms with Gasteiger partial charge in [0.1, 0.15) is 6.10 Å². The van der Waals surface area contributed by atoms with Crippen molar-refractivity contribution in [1.29, 1.82) is 0 Å². The summed E-state index contributed by atoms with van der Waals surface area (Å²) in [6.45, 7) is 24.4. The van der Waals surface area contributed by atoms with Gasteiger partial charge in [0, 0.05) is 50.0 Å². The molecule has 5 aliphatic carbocycles. The van der Waals surface area contributed by atoms with Crippen molar-refractivity contribution in [1.82, 2.24) is 9.80 Å². The molecule has 0 spiro atoms. The summed E-state index contributed by atoms with van der Waals surface area (Å²) in [7, 11) is 2.16. The van der Waals surface area contributed by atoms with E-state index in [0.29, 0.717) is 30.7 Å². The predicted octanol–water partition coefficient (Wildman–Crippen LogP) is 6.99. The molecule has 5 fully saturated rings. The first kappa shape index (κ1) is 38.0. The SMILES string of the molecule is CC(C)C1=C2[C@H]3CC[C@@H]4[C@@]5(C)CC[C@H](OC(=O)CC(C)(C)C(=O)O)C(C)(C)[C@@H]5CC[C@@]4(C)[C@]3(C)CC[C@@]2([C@H](O)CN2CCN(C)CC2)CC1=O. The summed E-state index contributed by atoms with van der Waals surface area (Å²) in [6.07, 6.45) is 7.64. The fourth-order valence-electron chi connectivity index (χ4n) is 13.4. The molecule has 8 heteroatoms. The third kappa shape index (κ3) is 5.66. The molecule has 0 bridgehead atoms. The molecule has 0 aromatic carbocycles. The number of aliphatic hydroxyl groups is 1. The zero-order chi connectivity index (χ0) is 36.8. The number of carboxylic acids is 1. The molecule has 2 N–H and O–H groups in total. The van der Waals surface area contributed by atoms with Crippen LogP contribution in [0.1, 0.15) is 127 Å². The molecule has 50 heavy (non-hydrogen) atoms. The van der Waals surface area contributed by atoms with Crippen LogP contribution in [-0.4, -0.2) is 89.7 Å². The minimum absolute atomic E-state index is 0.0247. The average molecular weight is 697 g/mol. The summed E-state index contributed by atoms with van der Waals surface area (Å²) in [5, 5.41) is 21.9. The number of esters is 1. The van der Waals surface area contributed by atoms with Crippen molar-refractivity contribution in [2.75, 3.05) is 39.8 Å². The maximum Gasteiger partial charge on any atom is 0.309 e. The predicted molar refractivity (Wildman–Crippen MR) is 195 cm³/mol. The minimum atomic E-state index is -1.15. The van der Waals surface area contributed by atoms with Crippen molar-refractivity contribution >= 4 is 17.7 Å². The second-order valence-electron chi connectivity index (χ2n) is 20.2. The maximum atomic E-state index is 14.0. The lowest BCUT2D eigenvalue weighted by Gasteiger charge is -2.72. The summed E-state index contributed by atoms with van der Waals surface area (Å²) in [6, 6.07) is 0. The van der Waals surface area contributed by atoms with Crippen molar-refractivity contribution < 1.29 is 29.3 Å². The summed E-state index contributed by atoms with van der Waals surface area (Å²) >= 11 is 0. The second-order valence-corrected chi connectivity index (χ2v) is 20.2. The molecule has 9 atom stereocenters. The standard InChI is InChI=1S/C42H68N2O6/c1-26(2)34-28(45)23-42(31(46)25-44-21-19-43(10)20-22-44)18-17-40(8)27(35(34)42)11-12-30-39(7)15-14-32(50-33(47)24-37(3,4)36(48)49)38(5,6)29(39)13-16-41(30,40)9/h26-27,29-32,46H,11-25H2,1-10H3,(H,48,49)/t27-,29+,30-,31-,32+,39+,40-,41-,42+/m1/s1. The normalized spacial score (nSPS) is 41.2. The van der Waals surface area contributed by atoms with Gasteiger partial charge in [-0.05, 0) is 118 Å². The molecule has 1 heterocycles. The van der Waals surface area contributed by atoms with Crippen molar-refractivity contribution in [3.63, 3.8) is 0 Å². The van der Waals surface area contributed by atoms with Gasteiger partial charge in [-0.1, -0.05) is 54.0 Å². The Labute approximate surface area is 302 Å². The highest BCUT2D eigenvalue weighted by molar-refractivity contribution is 6.00. The number of piperazine rings is 1. The van der Waals surface area contributed by atoms with Crippen LogP contribution >= 0.6 is 0 Å². The molecule has 6 aliphatic rings. The number of aliphatic carboxylic acids is 1. The highest BCUT2D eigenvalue weighted by Crippen LogP contribution is 2.77. The average Bonchev–Trinajstić information content (AvgIpc) is 3.33. The first-order valence-electron chi connectivity index (χ1n) is 19.9. The molecule has 1 saturated heterocycles. The Kier molecular flexibility index (Phi) is 9.63. The molecule has 0 unspecified atom stereocenters. The van der Waals surface area contributed by atoms with Crippen molar-refractivity contribution in [3.8, 4) is 0 Å². The van der Waals surface area contributed by atoms with Crippen LogP contribution in [0.2, 0.25) is 0 Å². The number of hydrogen-bond acceptors (Lipinski definition) is 7. The Balaban J connectivity index is 1.28. The van der Waals surface area contributed by atoms with Crippen molar-refractivity contribution in [2.24, 2.45) is 56.2 Å². The Morgan fingerprint density at radius 1 is 0.900 bits per heavy atom. The van der Waals surface area contributed by atoms with Gasteiger partial charge in [0.05, 0.1) is 17.9 Å². The topological polar surface area (TPSA) is 107 Å². The Bertz CT molecular complexity index is 1410. The summed E-state index contributed by atoms with van der Waals surface area (Å²) < 4.78 is 6.17. The summed E-state index contributed by atoms with van der Waals surface area (Å²) in [5.41, 5.74) is 0.749. The number of rotatable bonds is 8. The van der Waals surface area contributed by atoms with Crippen molar-refractivity contribution in [3.05, 3.63) is 11.1 Å². The number of carboxylic acid groups (broad SMARTS) is 1. The molecule has 0 radical (unpaired) electrons. The molecule has 0 aromatic rings. The Morgan fingerprint density at radius 2 is 1.56 bits per heavy atom. The second kappa shape index (κ2) is 12.7. The lowest BCUT2D eigenvalue weighted by molar-refractivity contribution is -0.235. The van der Waals surface area contributed by atoms with Crippen LogP contribution in [0.4, 0.5) is 0 Å². The van der Waals surface area contributed by atoms with Crippen LogP contribution in [0, 0.1) is 56.2 Å². The number of ether oxygens (including phenoxy) is 1. The van der Waals surface area contributed by atoms with Gasteiger partial charge in [-0.3, -0.25) is 19.3 Å². The lowest BCUT2D eigenvalue weighted by Crippen LogP contribution is -2.66. The number of likely N-dealkylation sites (N-methyl/N-ethyl adjacent to an activating group) is 1. The van der Waals surface area contributed by atoms with Gasteiger partial charge in [-0.15, -0.1) is 0 Å². The van der Waals surface area contributed by atoms with Gasteiger partial charge >= 0.3 is 11.9 Å². The number of nitrogens with zero attached hydrogens (tertiary/aromatic N) is 2. The molecule has 0 amide bonds. The smallest absolute Gasteiger partial charge is 0.309 e. The number of Topliss-reactive ketones (excluding diaryl/α,β-unsaturated/α-hetero) is 1. The van der Waals surface area contributed by atoms with Gasteiger partial charge in [0.2, 0.25) is 0 Å². The first-order chi connectivity index (χ1) is 23.1. The van der Waals surface area contributed by atoms with E-state index in [-0.39, 0.29) is 45.9 Å². The van der Waals surface area contributed by atoms with Crippen LogP contribution < -0.4 is 0 Å². The van der Waals surface area contributed by atoms with Gasteiger partial charge in [0.25, 0.3) is 0 Å². The van der Waals surface area contributed by atoms with E-state index in [0.717, 1.165) is 83.1 Å².